The number of terminal acetylenes is 1. The van der Waals surface area contributed by atoms with Gasteiger partial charge in [-0.05, 0) is 44.0 Å². The Bertz CT molecular complexity index is 477. The molecule has 0 heterocycles. The maximum Gasteiger partial charge on any atom is 0.0242 e. The fourth-order valence-corrected chi connectivity index (χ4v) is 1.31. The van der Waals surface area contributed by atoms with Gasteiger partial charge in [0.1, 0.15) is 0 Å². The lowest BCUT2D eigenvalue weighted by Gasteiger charge is -1.93. The molecule has 114 valence electrons. The van der Waals surface area contributed by atoms with Crippen LogP contribution >= 0.6 is 0 Å². The first-order valence-corrected chi connectivity index (χ1v) is 7.69. The van der Waals surface area contributed by atoms with Crippen molar-refractivity contribution in [2.45, 2.75) is 48.5 Å². The van der Waals surface area contributed by atoms with Crippen LogP contribution in [0.2, 0.25) is 0 Å². The second-order valence-corrected chi connectivity index (χ2v) is 4.09. The average Bonchev–Trinajstić information content (AvgIpc) is 2.55. The molecule has 2 rings (SSSR count). The molecule has 0 atom stereocenters. The predicted octanol–water partition coefficient (Wildman–Crippen LogP) is 6.33. The molecule has 0 N–H and O–H groups in total. The number of aryl methyl sites for hydroxylation is 3. The van der Waals surface area contributed by atoms with Gasteiger partial charge in [0, 0.05) is 5.56 Å². The van der Waals surface area contributed by atoms with Crippen LogP contribution in [0.1, 0.15) is 49.9 Å². The standard InChI is InChI=1S/C9H8.C8H10.2C2H6/c1-3-9-6-4-8(2)5-7-9;1-7-5-3-4-6-8(7)2;2*1-2/h1,4-7H,2H3;3-6H,1-2H3;2*1-2H3. The summed E-state index contributed by atoms with van der Waals surface area (Å²) < 4.78 is 0. The highest BCUT2D eigenvalue weighted by atomic mass is 13.9. The van der Waals surface area contributed by atoms with Crippen LogP contribution in [0.25, 0.3) is 0 Å². The van der Waals surface area contributed by atoms with Crippen LogP contribution in [0.4, 0.5) is 0 Å². The van der Waals surface area contributed by atoms with Crippen molar-refractivity contribution < 1.29 is 0 Å². The molecule has 21 heavy (non-hydrogen) atoms. The molecule has 0 heteroatoms. The lowest BCUT2D eigenvalue weighted by atomic mass is 10.1. The first kappa shape index (κ1) is 21.3. The molecule has 0 aliphatic rings. The average molecular weight is 282 g/mol. The summed E-state index contributed by atoms with van der Waals surface area (Å²) in [6.45, 7) is 14.3. The summed E-state index contributed by atoms with van der Waals surface area (Å²) in [7, 11) is 0. The molecular formula is C21H30. The lowest BCUT2D eigenvalue weighted by molar-refractivity contribution is 1.34. The molecular weight excluding hydrogens is 252 g/mol. The van der Waals surface area contributed by atoms with Crippen molar-refractivity contribution in [1.29, 1.82) is 0 Å². The van der Waals surface area contributed by atoms with Gasteiger partial charge in [-0.2, -0.15) is 0 Å². The van der Waals surface area contributed by atoms with Crippen LogP contribution in [-0.4, -0.2) is 0 Å². The molecule has 0 bridgehead atoms. The number of hydrogen-bond acceptors (Lipinski definition) is 0. The van der Waals surface area contributed by atoms with E-state index in [-0.39, 0.29) is 0 Å². The summed E-state index contributed by atoms with van der Waals surface area (Å²) in [6, 6.07) is 16.3. The molecule has 0 saturated heterocycles. The molecule has 0 saturated carbocycles. The molecule has 0 fully saturated rings. The van der Waals surface area contributed by atoms with E-state index in [9.17, 15) is 0 Å². The van der Waals surface area contributed by atoms with Crippen molar-refractivity contribution in [3.05, 3.63) is 70.8 Å². The second kappa shape index (κ2) is 14.4. The largest absolute Gasteiger partial charge is 0.115 e. The van der Waals surface area contributed by atoms with Gasteiger partial charge in [-0.15, -0.1) is 6.42 Å². The van der Waals surface area contributed by atoms with Gasteiger partial charge in [0.25, 0.3) is 0 Å². The fraction of sp³-hybridized carbons (Fsp3) is 0.333. The maximum absolute atomic E-state index is 5.15. The Morgan fingerprint density at radius 3 is 1.33 bits per heavy atom. The topological polar surface area (TPSA) is 0 Å². The molecule has 0 aliphatic heterocycles. The summed E-state index contributed by atoms with van der Waals surface area (Å²) in [5.41, 5.74) is 4.93. The van der Waals surface area contributed by atoms with Gasteiger partial charge < -0.3 is 0 Å². The third-order valence-corrected chi connectivity index (χ3v) is 2.64. The Labute approximate surface area is 132 Å². The van der Waals surface area contributed by atoms with Gasteiger partial charge in [-0.1, -0.05) is 75.6 Å². The van der Waals surface area contributed by atoms with E-state index in [1.165, 1.54) is 16.7 Å². The first-order chi connectivity index (χ1) is 10.1. The zero-order valence-electron chi connectivity index (χ0n) is 14.7. The van der Waals surface area contributed by atoms with E-state index in [0.717, 1.165) is 5.56 Å². The van der Waals surface area contributed by atoms with E-state index < -0.39 is 0 Å². The van der Waals surface area contributed by atoms with Crippen LogP contribution in [-0.2, 0) is 0 Å². The molecule has 2 aromatic rings. The highest BCUT2D eigenvalue weighted by molar-refractivity contribution is 5.33. The number of benzene rings is 2. The fourth-order valence-electron chi connectivity index (χ4n) is 1.31. The normalized spacial score (nSPS) is 7.71. The van der Waals surface area contributed by atoms with Crippen LogP contribution in [0.3, 0.4) is 0 Å². The van der Waals surface area contributed by atoms with Gasteiger partial charge in [-0.3, -0.25) is 0 Å². The molecule has 0 aliphatic carbocycles. The van der Waals surface area contributed by atoms with Crippen LogP contribution in [0.15, 0.2) is 48.5 Å². The summed E-state index contributed by atoms with van der Waals surface area (Å²) in [5.74, 6) is 2.55. The van der Waals surface area contributed by atoms with E-state index in [1.807, 2.05) is 58.9 Å². The van der Waals surface area contributed by atoms with Crippen molar-refractivity contribution in [2.75, 3.05) is 0 Å². The van der Waals surface area contributed by atoms with E-state index in [0.29, 0.717) is 0 Å². The Hall–Kier alpha value is -2.00. The Kier molecular flexibility index (Phi) is 14.6. The third-order valence-electron chi connectivity index (χ3n) is 2.64. The quantitative estimate of drug-likeness (QED) is 0.495. The van der Waals surface area contributed by atoms with Gasteiger partial charge in [0.05, 0.1) is 0 Å². The van der Waals surface area contributed by atoms with Gasteiger partial charge >= 0.3 is 0 Å². The van der Waals surface area contributed by atoms with E-state index in [4.69, 9.17) is 6.42 Å². The lowest BCUT2D eigenvalue weighted by Crippen LogP contribution is -1.74. The molecule has 0 nitrogen and oxygen atoms in total. The number of rotatable bonds is 0. The van der Waals surface area contributed by atoms with Crippen LogP contribution < -0.4 is 0 Å². The molecule has 0 amide bonds. The van der Waals surface area contributed by atoms with E-state index in [1.54, 1.807) is 0 Å². The Balaban J connectivity index is 0. The minimum absolute atomic E-state index is 0.945. The zero-order valence-corrected chi connectivity index (χ0v) is 14.7. The van der Waals surface area contributed by atoms with Crippen LogP contribution in [0, 0.1) is 33.1 Å². The smallest absolute Gasteiger partial charge is 0.0242 e. The van der Waals surface area contributed by atoms with Crippen molar-refractivity contribution in [3.8, 4) is 12.3 Å². The van der Waals surface area contributed by atoms with Gasteiger partial charge in [-0.25, -0.2) is 0 Å². The molecule has 2 aromatic carbocycles. The highest BCUT2D eigenvalue weighted by Gasteiger charge is 1.84. The summed E-state index contributed by atoms with van der Waals surface area (Å²) in [5, 5.41) is 0. The third kappa shape index (κ3) is 10.4. The second-order valence-electron chi connectivity index (χ2n) is 4.09. The Morgan fingerprint density at radius 2 is 1.05 bits per heavy atom. The minimum Gasteiger partial charge on any atom is -0.115 e. The molecule has 0 radical (unpaired) electrons. The number of hydrogen-bond donors (Lipinski definition) is 0. The molecule has 0 unspecified atom stereocenters. The van der Waals surface area contributed by atoms with Crippen molar-refractivity contribution in [3.63, 3.8) is 0 Å². The van der Waals surface area contributed by atoms with Crippen molar-refractivity contribution in [1.82, 2.24) is 0 Å². The first-order valence-electron chi connectivity index (χ1n) is 7.69. The van der Waals surface area contributed by atoms with E-state index in [2.05, 4.69) is 44.0 Å². The van der Waals surface area contributed by atoms with E-state index >= 15 is 0 Å². The maximum atomic E-state index is 5.15. The minimum atomic E-state index is 0.945. The molecule has 0 spiro atoms. The van der Waals surface area contributed by atoms with Gasteiger partial charge in [0.15, 0.2) is 0 Å². The zero-order chi connectivity index (χ0) is 16.7. The monoisotopic (exact) mass is 282 g/mol. The van der Waals surface area contributed by atoms with Gasteiger partial charge in [0.2, 0.25) is 0 Å². The summed E-state index contributed by atoms with van der Waals surface area (Å²) >= 11 is 0. The molecule has 0 aromatic heterocycles. The highest BCUT2D eigenvalue weighted by Crippen LogP contribution is 2.02. The van der Waals surface area contributed by atoms with Crippen molar-refractivity contribution in [2.24, 2.45) is 0 Å². The summed E-state index contributed by atoms with van der Waals surface area (Å²) in [6.07, 6.45) is 5.15. The predicted molar refractivity (Wildman–Crippen MR) is 97.7 cm³/mol. The SMILES string of the molecule is C#Cc1ccc(C)cc1.CC.CC.Cc1ccccc1C. The van der Waals surface area contributed by atoms with Crippen molar-refractivity contribution >= 4 is 0 Å². The summed E-state index contributed by atoms with van der Waals surface area (Å²) in [4.78, 5) is 0. The Morgan fingerprint density at radius 1 is 0.667 bits per heavy atom. The van der Waals surface area contributed by atoms with Crippen LogP contribution in [0.5, 0.6) is 0 Å².